The molecule has 3 N–H and O–H groups in total. The molecular weight excluding hydrogens is 200 g/mol. The third-order valence-electron chi connectivity index (χ3n) is 2.90. The fraction of sp³-hybridized carbons (Fsp3) is 0.462. The summed E-state index contributed by atoms with van der Waals surface area (Å²) >= 11 is 0. The molecule has 1 rings (SSSR count). The maximum atomic E-state index is 11.9. The molecule has 1 aromatic rings. The Morgan fingerprint density at radius 2 is 2.12 bits per heavy atom. The minimum absolute atomic E-state index is 0.0362. The van der Waals surface area contributed by atoms with Crippen LogP contribution in [0.3, 0.4) is 0 Å². The second-order valence-corrected chi connectivity index (χ2v) is 4.13. The first-order valence-electron chi connectivity index (χ1n) is 5.66. The lowest BCUT2D eigenvalue weighted by molar-refractivity contribution is 0.0950. The van der Waals surface area contributed by atoms with Crippen LogP contribution in [0.5, 0.6) is 0 Å². The molecule has 0 bridgehead atoms. The van der Waals surface area contributed by atoms with Crippen LogP contribution >= 0.6 is 0 Å². The number of aryl methyl sites for hydroxylation is 1. The highest BCUT2D eigenvalue weighted by Gasteiger charge is 2.10. The highest BCUT2D eigenvalue weighted by atomic mass is 16.1. The van der Waals surface area contributed by atoms with E-state index in [0.717, 1.165) is 23.1 Å². The zero-order valence-corrected chi connectivity index (χ0v) is 10.2. The van der Waals surface area contributed by atoms with E-state index in [1.807, 2.05) is 39.0 Å². The van der Waals surface area contributed by atoms with Gasteiger partial charge in [0.1, 0.15) is 0 Å². The topological polar surface area (TPSA) is 55.1 Å². The lowest BCUT2D eigenvalue weighted by atomic mass is 10.0. The van der Waals surface area contributed by atoms with Crippen molar-refractivity contribution < 1.29 is 4.79 Å². The number of nitrogens with two attached hydrogens (primary N) is 1. The van der Waals surface area contributed by atoms with E-state index in [1.165, 1.54) is 0 Å². The van der Waals surface area contributed by atoms with Crippen LogP contribution in [-0.2, 0) is 0 Å². The SMILES string of the molecule is CCC(N)CNC(=O)c1cccc(C)c1C. The average Bonchev–Trinajstić information content (AvgIpc) is 2.29. The van der Waals surface area contributed by atoms with Crippen molar-refractivity contribution in [1.29, 1.82) is 0 Å². The minimum Gasteiger partial charge on any atom is -0.350 e. The molecule has 3 nitrogen and oxygen atoms in total. The van der Waals surface area contributed by atoms with Crippen molar-refractivity contribution in [1.82, 2.24) is 5.32 Å². The van der Waals surface area contributed by atoms with Crippen LogP contribution in [0.2, 0.25) is 0 Å². The maximum Gasteiger partial charge on any atom is 0.251 e. The van der Waals surface area contributed by atoms with Gasteiger partial charge in [-0.3, -0.25) is 4.79 Å². The molecule has 0 spiro atoms. The van der Waals surface area contributed by atoms with E-state index in [2.05, 4.69) is 5.32 Å². The summed E-state index contributed by atoms with van der Waals surface area (Å²) in [6.07, 6.45) is 0.868. The first-order valence-corrected chi connectivity index (χ1v) is 5.66. The predicted molar refractivity (Wildman–Crippen MR) is 66.5 cm³/mol. The van der Waals surface area contributed by atoms with Crippen LogP contribution in [0, 0.1) is 13.8 Å². The van der Waals surface area contributed by atoms with Gasteiger partial charge in [-0.15, -0.1) is 0 Å². The summed E-state index contributed by atoms with van der Waals surface area (Å²) in [5.41, 5.74) is 8.66. The van der Waals surface area contributed by atoms with Crippen molar-refractivity contribution in [2.45, 2.75) is 33.2 Å². The summed E-state index contributed by atoms with van der Waals surface area (Å²) in [5.74, 6) is -0.0369. The van der Waals surface area contributed by atoms with Gasteiger partial charge in [-0.1, -0.05) is 19.1 Å². The van der Waals surface area contributed by atoms with E-state index in [4.69, 9.17) is 5.73 Å². The lowest BCUT2D eigenvalue weighted by Crippen LogP contribution is -2.37. The molecule has 3 heteroatoms. The minimum atomic E-state index is -0.0369. The van der Waals surface area contributed by atoms with Crippen molar-refractivity contribution >= 4 is 5.91 Å². The highest BCUT2D eigenvalue weighted by molar-refractivity contribution is 5.95. The molecule has 0 aliphatic rings. The Kier molecular flexibility index (Phi) is 4.50. The molecule has 0 aliphatic carbocycles. The number of amides is 1. The number of carbonyl (C=O) groups excluding carboxylic acids is 1. The number of hydrogen-bond acceptors (Lipinski definition) is 2. The molecule has 0 saturated heterocycles. The van der Waals surface area contributed by atoms with Crippen molar-refractivity contribution in [3.8, 4) is 0 Å². The lowest BCUT2D eigenvalue weighted by Gasteiger charge is -2.12. The number of benzene rings is 1. The largest absolute Gasteiger partial charge is 0.350 e. The van der Waals surface area contributed by atoms with Gasteiger partial charge < -0.3 is 11.1 Å². The number of carbonyl (C=O) groups is 1. The molecule has 1 unspecified atom stereocenters. The average molecular weight is 220 g/mol. The quantitative estimate of drug-likeness (QED) is 0.812. The molecule has 0 fully saturated rings. The number of rotatable bonds is 4. The molecule has 1 aromatic carbocycles. The number of hydrogen-bond donors (Lipinski definition) is 2. The van der Waals surface area contributed by atoms with Gasteiger partial charge in [-0.2, -0.15) is 0 Å². The molecule has 0 radical (unpaired) electrons. The van der Waals surface area contributed by atoms with E-state index < -0.39 is 0 Å². The fourth-order valence-electron chi connectivity index (χ4n) is 1.46. The van der Waals surface area contributed by atoms with Gasteiger partial charge >= 0.3 is 0 Å². The van der Waals surface area contributed by atoms with Crippen molar-refractivity contribution in [3.63, 3.8) is 0 Å². The van der Waals surface area contributed by atoms with Crippen LogP contribution in [0.1, 0.15) is 34.8 Å². The molecule has 0 saturated carbocycles. The van der Waals surface area contributed by atoms with E-state index >= 15 is 0 Å². The Bertz CT molecular complexity index is 374. The second-order valence-electron chi connectivity index (χ2n) is 4.13. The summed E-state index contributed by atoms with van der Waals surface area (Å²) in [7, 11) is 0. The van der Waals surface area contributed by atoms with Gasteiger partial charge in [0.25, 0.3) is 5.91 Å². The van der Waals surface area contributed by atoms with Crippen molar-refractivity contribution in [2.75, 3.05) is 6.54 Å². The molecule has 0 aromatic heterocycles. The van der Waals surface area contributed by atoms with E-state index in [0.29, 0.717) is 6.54 Å². The fourth-order valence-corrected chi connectivity index (χ4v) is 1.46. The Balaban J connectivity index is 2.70. The molecule has 0 aliphatic heterocycles. The zero-order valence-electron chi connectivity index (χ0n) is 10.2. The van der Waals surface area contributed by atoms with Crippen molar-refractivity contribution in [2.24, 2.45) is 5.73 Å². The second kappa shape index (κ2) is 5.66. The summed E-state index contributed by atoms with van der Waals surface area (Å²) in [4.78, 5) is 11.9. The van der Waals surface area contributed by atoms with Crippen LogP contribution in [0.25, 0.3) is 0 Å². The monoisotopic (exact) mass is 220 g/mol. The van der Waals surface area contributed by atoms with Crippen molar-refractivity contribution in [3.05, 3.63) is 34.9 Å². The van der Waals surface area contributed by atoms with Crippen LogP contribution < -0.4 is 11.1 Å². The third kappa shape index (κ3) is 3.07. The first kappa shape index (κ1) is 12.7. The number of nitrogens with one attached hydrogen (secondary N) is 1. The van der Waals surface area contributed by atoms with Gasteiger partial charge in [0, 0.05) is 18.2 Å². The van der Waals surface area contributed by atoms with Gasteiger partial charge in [-0.25, -0.2) is 0 Å². The van der Waals surface area contributed by atoms with E-state index in [9.17, 15) is 4.79 Å². The normalized spacial score (nSPS) is 12.2. The van der Waals surface area contributed by atoms with Gasteiger partial charge in [-0.05, 0) is 37.5 Å². The summed E-state index contributed by atoms with van der Waals surface area (Å²) in [6.45, 7) is 6.51. The summed E-state index contributed by atoms with van der Waals surface area (Å²) in [6, 6.07) is 5.78. The van der Waals surface area contributed by atoms with Crippen LogP contribution in [-0.4, -0.2) is 18.5 Å². The van der Waals surface area contributed by atoms with E-state index in [1.54, 1.807) is 0 Å². The predicted octanol–water partition coefficient (Wildman–Crippen LogP) is 1.77. The van der Waals surface area contributed by atoms with Gasteiger partial charge in [0.15, 0.2) is 0 Å². The molecule has 0 heterocycles. The van der Waals surface area contributed by atoms with Gasteiger partial charge in [0.05, 0.1) is 0 Å². The molecule has 16 heavy (non-hydrogen) atoms. The Labute approximate surface area is 97.0 Å². The Hall–Kier alpha value is -1.35. The van der Waals surface area contributed by atoms with Crippen LogP contribution in [0.15, 0.2) is 18.2 Å². The standard InChI is InChI=1S/C13H20N2O/c1-4-11(14)8-15-13(16)12-7-5-6-9(2)10(12)3/h5-7,11H,4,8,14H2,1-3H3,(H,15,16). The molecular formula is C13H20N2O. The molecule has 88 valence electrons. The summed E-state index contributed by atoms with van der Waals surface area (Å²) in [5, 5.41) is 2.85. The Morgan fingerprint density at radius 1 is 1.44 bits per heavy atom. The molecule has 1 atom stereocenters. The highest BCUT2D eigenvalue weighted by Crippen LogP contribution is 2.12. The van der Waals surface area contributed by atoms with Crippen LogP contribution in [0.4, 0.5) is 0 Å². The van der Waals surface area contributed by atoms with Gasteiger partial charge in [0.2, 0.25) is 0 Å². The zero-order chi connectivity index (χ0) is 12.1. The van der Waals surface area contributed by atoms with E-state index in [-0.39, 0.29) is 11.9 Å². The smallest absolute Gasteiger partial charge is 0.251 e. The first-order chi connectivity index (χ1) is 7.56. The third-order valence-corrected chi connectivity index (χ3v) is 2.90. The maximum absolute atomic E-state index is 11.9. The molecule has 1 amide bonds. The Morgan fingerprint density at radius 3 is 2.75 bits per heavy atom. The summed E-state index contributed by atoms with van der Waals surface area (Å²) < 4.78 is 0.